The van der Waals surface area contributed by atoms with Crippen molar-refractivity contribution in [2.75, 3.05) is 50.1 Å². The van der Waals surface area contributed by atoms with Crippen LogP contribution in [0.5, 0.6) is 5.88 Å². The van der Waals surface area contributed by atoms with Crippen molar-refractivity contribution in [2.24, 2.45) is 0 Å². The van der Waals surface area contributed by atoms with E-state index in [-0.39, 0.29) is 5.91 Å². The second-order valence-electron chi connectivity index (χ2n) is 9.07. The summed E-state index contributed by atoms with van der Waals surface area (Å²) in [5.74, 6) is 1.42. The fourth-order valence-corrected chi connectivity index (χ4v) is 4.75. The summed E-state index contributed by atoms with van der Waals surface area (Å²) in [4.78, 5) is 31.1. The van der Waals surface area contributed by atoms with Crippen LogP contribution in [0.2, 0.25) is 0 Å². The topological polar surface area (TPSA) is 108 Å². The first-order valence-corrected chi connectivity index (χ1v) is 12.7. The lowest BCUT2D eigenvalue weighted by Gasteiger charge is -2.35. The Morgan fingerprint density at radius 3 is 2.74 bits per heavy atom. The largest absolute Gasteiger partial charge is 0.479 e. The Morgan fingerprint density at radius 2 is 2.03 bits per heavy atom. The van der Waals surface area contributed by atoms with Crippen LogP contribution in [-0.2, 0) is 10.5 Å². The number of piperazine rings is 1. The molecular weight excluding hydrogens is 480 g/mol. The zero-order valence-corrected chi connectivity index (χ0v) is 21.6. The minimum absolute atomic E-state index is 0.311. The van der Waals surface area contributed by atoms with Gasteiger partial charge in [-0.1, -0.05) is 37.8 Å². The Morgan fingerprint density at radius 1 is 1.18 bits per heavy atom. The number of nitrogens with zero attached hydrogens (tertiary/aromatic N) is 5. The molecule has 1 saturated heterocycles. The standard InChI is InChI=1S/C28H32N8O2/c1-4-24(37)34-28(13-6-7-14-30-28)21-10-8-9-20-19-29-27(33-25(20)21)31-22-11-12-23(32-26(22)38-3)36-17-15-35(5-2)16-18-36/h4,6-14,19,30H,1,5,15-18H2,2-3H3,(H,34,37)(H,29,31,33). The third-order valence-electron chi connectivity index (χ3n) is 6.83. The van der Waals surface area contributed by atoms with Crippen molar-refractivity contribution in [1.82, 2.24) is 30.5 Å². The third kappa shape index (κ3) is 5.03. The first kappa shape index (κ1) is 25.2. The number of amides is 1. The SMILES string of the molecule is C=CC(=O)NC1(c2cccc3cnc(Nc4ccc(N5CCN(CC)CC5)nc4OC)nc23)C=CC=CN1. The second kappa shape index (κ2) is 10.9. The van der Waals surface area contributed by atoms with Crippen LogP contribution in [0.1, 0.15) is 12.5 Å². The molecule has 0 aliphatic carbocycles. The molecule has 1 fully saturated rings. The lowest BCUT2D eigenvalue weighted by atomic mass is 9.94. The van der Waals surface area contributed by atoms with Crippen LogP contribution in [0.4, 0.5) is 17.5 Å². The summed E-state index contributed by atoms with van der Waals surface area (Å²) in [5.41, 5.74) is 1.11. The van der Waals surface area contributed by atoms with E-state index in [0.29, 0.717) is 23.0 Å². The van der Waals surface area contributed by atoms with E-state index in [1.807, 2.05) is 48.6 Å². The number of ether oxygens (including phenoxy) is 1. The summed E-state index contributed by atoms with van der Waals surface area (Å²) in [7, 11) is 1.60. The average molecular weight is 513 g/mol. The van der Waals surface area contributed by atoms with E-state index in [1.54, 1.807) is 19.5 Å². The fraction of sp³-hybridized carbons (Fsp3) is 0.286. The number of dihydropyridines is 1. The number of rotatable bonds is 8. The molecule has 0 saturated carbocycles. The Hall–Kier alpha value is -4.44. The zero-order chi connectivity index (χ0) is 26.5. The molecule has 0 radical (unpaired) electrons. The molecule has 3 aromatic rings. The van der Waals surface area contributed by atoms with Crippen LogP contribution in [0.3, 0.4) is 0 Å². The van der Waals surface area contributed by atoms with Crippen molar-refractivity contribution in [3.05, 3.63) is 79.2 Å². The number of allylic oxidation sites excluding steroid dienone is 2. The van der Waals surface area contributed by atoms with Crippen molar-refractivity contribution in [1.29, 1.82) is 0 Å². The highest BCUT2D eigenvalue weighted by molar-refractivity contribution is 5.90. The number of anilines is 3. The number of pyridine rings is 1. The number of aromatic nitrogens is 3. The van der Waals surface area contributed by atoms with E-state index in [2.05, 4.69) is 44.2 Å². The van der Waals surface area contributed by atoms with E-state index in [0.717, 1.165) is 49.5 Å². The van der Waals surface area contributed by atoms with Crippen LogP contribution >= 0.6 is 0 Å². The minimum Gasteiger partial charge on any atom is -0.479 e. The lowest BCUT2D eigenvalue weighted by Crippen LogP contribution is -2.53. The average Bonchev–Trinajstić information content (AvgIpc) is 2.97. The zero-order valence-electron chi connectivity index (χ0n) is 21.6. The molecule has 10 heteroatoms. The van der Waals surface area contributed by atoms with Crippen molar-refractivity contribution in [2.45, 2.75) is 12.6 Å². The predicted molar refractivity (Wildman–Crippen MR) is 149 cm³/mol. The molecule has 1 amide bonds. The molecular formula is C28H32N8O2. The van der Waals surface area contributed by atoms with Gasteiger partial charge in [0.1, 0.15) is 11.5 Å². The predicted octanol–water partition coefficient (Wildman–Crippen LogP) is 3.05. The number of methoxy groups -OCH3 is 1. The van der Waals surface area contributed by atoms with E-state index in [1.165, 1.54) is 6.08 Å². The number of para-hydroxylation sites is 1. The van der Waals surface area contributed by atoms with Gasteiger partial charge in [0.05, 0.1) is 12.6 Å². The Balaban J connectivity index is 1.46. The van der Waals surface area contributed by atoms with Gasteiger partial charge >= 0.3 is 0 Å². The molecule has 3 N–H and O–H groups in total. The van der Waals surface area contributed by atoms with Gasteiger partial charge in [-0.2, -0.15) is 4.98 Å². The second-order valence-corrected chi connectivity index (χ2v) is 9.07. The number of carbonyl (C=O) groups excluding carboxylic acids is 1. The molecule has 5 rings (SSSR count). The van der Waals surface area contributed by atoms with Gasteiger partial charge in [-0.25, -0.2) is 9.97 Å². The Bertz CT molecular complexity index is 1400. The number of carbonyl (C=O) groups is 1. The number of likely N-dealkylation sites (N-methyl/N-ethyl adjacent to an activating group) is 1. The molecule has 0 spiro atoms. The molecule has 2 aliphatic rings. The van der Waals surface area contributed by atoms with Gasteiger partial charge < -0.3 is 30.5 Å². The molecule has 1 atom stereocenters. The summed E-state index contributed by atoms with van der Waals surface area (Å²) < 4.78 is 5.62. The van der Waals surface area contributed by atoms with Crippen LogP contribution in [0.15, 0.2) is 73.6 Å². The molecule has 0 bridgehead atoms. The summed E-state index contributed by atoms with van der Waals surface area (Å²) in [6.07, 6.45) is 10.4. The number of hydrogen-bond acceptors (Lipinski definition) is 9. The first-order valence-electron chi connectivity index (χ1n) is 12.7. The normalized spacial score (nSPS) is 19.2. The summed E-state index contributed by atoms with van der Waals surface area (Å²) >= 11 is 0. The summed E-state index contributed by atoms with van der Waals surface area (Å²) in [6.45, 7) is 10.7. The van der Waals surface area contributed by atoms with Crippen molar-refractivity contribution >= 4 is 34.3 Å². The van der Waals surface area contributed by atoms with Gasteiger partial charge in [0.2, 0.25) is 17.7 Å². The van der Waals surface area contributed by atoms with Crippen LogP contribution in [-0.4, -0.2) is 65.6 Å². The maximum Gasteiger partial charge on any atom is 0.245 e. The maximum absolute atomic E-state index is 12.3. The van der Waals surface area contributed by atoms with E-state index >= 15 is 0 Å². The van der Waals surface area contributed by atoms with Gasteiger partial charge in [0, 0.05) is 43.3 Å². The van der Waals surface area contributed by atoms with Gasteiger partial charge in [-0.05, 0) is 43.1 Å². The van der Waals surface area contributed by atoms with Crippen LogP contribution in [0, 0.1) is 0 Å². The molecule has 2 aromatic heterocycles. The molecule has 38 heavy (non-hydrogen) atoms. The number of hydrogen-bond donors (Lipinski definition) is 3. The number of benzene rings is 1. The van der Waals surface area contributed by atoms with E-state index in [9.17, 15) is 4.79 Å². The van der Waals surface area contributed by atoms with E-state index in [4.69, 9.17) is 14.7 Å². The Labute approximate surface area is 222 Å². The molecule has 1 unspecified atom stereocenters. The maximum atomic E-state index is 12.3. The molecule has 1 aromatic carbocycles. The van der Waals surface area contributed by atoms with Gasteiger partial charge in [0.15, 0.2) is 5.66 Å². The highest BCUT2D eigenvalue weighted by Gasteiger charge is 2.33. The highest BCUT2D eigenvalue weighted by atomic mass is 16.5. The molecule has 4 heterocycles. The third-order valence-corrected chi connectivity index (χ3v) is 6.83. The Kier molecular flexibility index (Phi) is 7.23. The smallest absolute Gasteiger partial charge is 0.245 e. The molecule has 196 valence electrons. The van der Waals surface area contributed by atoms with Crippen molar-refractivity contribution < 1.29 is 9.53 Å². The van der Waals surface area contributed by atoms with Gasteiger partial charge in [0.25, 0.3) is 0 Å². The number of nitrogens with one attached hydrogen (secondary N) is 3. The fourth-order valence-electron chi connectivity index (χ4n) is 4.75. The first-order chi connectivity index (χ1) is 18.5. The summed E-state index contributed by atoms with van der Waals surface area (Å²) in [5, 5.41) is 10.4. The van der Waals surface area contributed by atoms with Crippen LogP contribution < -0.4 is 25.6 Å². The molecule has 10 nitrogen and oxygen atoms in total. The van der Waals surface area contributed by atoms with Gasteiger partial charge in [-0.15, -0.1) is 0 Å². The monoisotopic (exact) mass is 512 g/mol. The lowest BCUT2D eigenvalue weighted by molar-refractivity contribution is -0.118. The highest BCUT2D eigenvalue weighted by Crippen LogP contribution is 2.31. The minimum atomic E-state index is -0.992. The van der Waals surface area contributed by atoms with Crippen molar-refractivity contribution in [3.8, 4) is 5.88 Å². The quantitative estimate of drug-likeness (QED) is 0.393. The van der Waals surface area contributed by atoms with E-state index < -0.39 is 5.66 Å². The number of fused-ring (bicyclic) bond motifs is 1. The summed E-state index contributed by atoms with van der Waals surface area (Å²) in [6, 6.07) is 9.70. The van der Waals surface area contributed by atoms with Crippen molar-refractivity contribution in [3.63, 3.8) is 0 Å². The molecule has 2 aliphatic heterocycles. The van der Waals surface area contributed by atoms with Crippen LogP contribution in [0.25, 0.3) is 10.9 Å². The van der Waals surface area contributed by atoms with Gasteiger partial charge in [-0.3, -0.25) is 4.79 Å².